The Balaban J connectivity index is 2.57. The highest BCUT2D eigenvalue weighted by molar-refractivity contribution is 7.91. The molecular formula is C9H17NO3S. The fourth-order valence-electron chi connectivity index (χ4n) is 1.74. The summed E-state index contributed by atoms with van der Waals surface area (Å²) in [4.78, 5) is 11.3. The second kappa shape index (κ2) is 3.88. The fourth-order valence-corrected chi connectivity index (χ4v) is 3.83. The Hall–Kier alpha value is -0.580. The van der Waals surface area contributed by atoms with E-state index in [4.69, 9.17) is 0 Å². The van der Waals surface area contributed by atoms with Crippen molar-refractivity contribution in [3.05, 3.63) is 0 Å². The number of rotatable bonds is 3. The standard InChI is InChI=1S/C9H17NO3S/c1-3-4-8(11)10-9(2)5-6-14(12,13)7-9/h3-7H2,1-2H3,(H,10,11). The Morgan fingerprint density at radius 2 is 2.14 bits per heavy atom. The third-order valence-corrected chi connectivity index (χ3v) is 4.32. The minimum Gasteiger partial charge on any atom is -0.350 e. The summed E-state index contributed by atoms with van der Waals surface area (Å²) in [6, 6.07) is 0. The highest BCUT2D eigenvalue weighted by Gasteiger charge is 2.39. The van der Waals surface area contributed by atoms with Crippen molar-refractivity contribution < 1.29 is 13.2 Å². The van der Waals surface area contributed by atoms with Gasteiger partial charge >= 0.3 is 0 Å². The molecule has 1 heterocycles. The molecule has 1 aliphatic heterocycles. The van der Waals surface area contributed by atoms with Crippen molar-refractivity contribution in [2.24, 2.45) is 0 Å². The monoisotopic (exact) mass is 219 g/mol. The van der Waals surface area contributed by atoms with Gasteiger partial charge in [-0.25, -0.2) is 8.42 Å². The zero-order valence-electron chi connectivity index (χ0n) is 8.67. The molecule has 0 spiro atoms. The van der Waals surface area contributed by atoms with Gasteiger partial charge < -0.3 is 5.32 Å². The van der Waals surface area contributed by atoms with E-state index in [1.54, 1.807) is 6.92 Å². The molecule has 82 valence electrons. The van der Waals surface area contributed by atoms with Crippen molar-refractivity contribution >= 4 is 15.7 Å². The second-order valence-electron chi connectivity index (χ2n) is 4.20. The molecule has 1 atom stereocenters. The van der Waals surface area contributed by atoms with Gasteiger partial charge in [-0.05, 0) is 19.8 Å². The summed E-state index contributed by atoms with van der Waals surface area (Å²) in [6.45, 7) is 3.72. The van der Waals surface area contributed by atoms with Crippen LogP contribution in [0.15, 0.2) is 0 Å². The first-order valence-electron chi connectivity index (χ1n) is 4.88. The molecule has 1 aliphatic rings. The number of sulfone groups is 1. The molecule has 1 N–H and O–H groups in total. The first kappa shape index (κ1) is 11.5. The largest absolute Gasteiger partial charge is 0.350 e. The van der Waals surface area contributed by atoms with Gasteiger partial charge in [-0.2, -0.15) is 0 Å². The maximum Gasteiger partial charge on any atom is 0.220 e. The first-order chi connectivity index (χ1) is 6.37. The molecule has 0 aromatic carbocycles. The minimum absolute atomic E-state index is 0.0490. The van der Waals surface area contributed by atoms with Crippen LogP contribution in [0.2, 0.25) is 0 Å². The van der Waals surface area contributed by atoms with E-state index in [1.807, 2.05) is 6.92 Å². The van der Waals surface area contributed by atoms with E-state index in [-0.39, 0.29) is 17.4 Å². The van der Waals surface area contributed by atoms with E-state index in [1.165, 1.54) is 0 Å². The summed E-state index contributed by atoms with van der Waals surface area (Å²) in [7, 11) is -2.93. The maximum atomic E-state index is 11.3. The van der Waals surface area contributed by atoms with Gasteiger partial charge in [-0.15, -0.1) is 0 Å². The molecule has 14 heavy (non-hydrogen) atoms. The molecule has 0 aromatic heterocycles. The van der Waals surface area contributed by atoms with E-state index in [2.05, 4.69) is 5.32 Å². The quantitative estimate of drug-likeness (QED) is 0.751. The zero-order valence-corrected chi connectivity index (χ0v) is 9.49. The summed E-state index contributed by atoms with van der Waals surface area (Å²) in [5.74, 6) is 0.220. The van der Waals surface area contributed by atoms with Crippen LogP contribution in [0.5, 0.6) is 0 Å². The highest BCUT2D eigenvalue weighted by atomic mass is 32.2. The number of hydrogen-bond acceptors (Lipinski definition) is 3. The summed E-state index contributed by atoms with van der Waals surface area (Å²) >= 11 is 0. The SMILES string of the molecule is CCCC(=O)NC1(C)CCS(=O)(=O)C1. The average molecular weight is 219 g/mol. The molecule has 1 rings (SSSR count). The van der Waals surface area contributed by atoms with Crippen molar-refractivity contribution in [3.63, 3.8) is 0 Å². The van der Waals surface area contributed by atoms with Gasteiger partial charge in [0.2, 0.25) is 5.91 Å². The lowest BCUT2D eigenvalue weighted by atomic mass is 10.0. The lowest BCUT2D eigenvalue weighted by Crippen LogP contribution is -2.46. The Morgan fingerprint density at radius 1 is 1.50 bits per heavy atom. The van der Waals surface area contributed by atoms with Gasteiger partial charge in [0.05, 0.1) is 17.0 Å². The summed E-state index contributed by atoms with van der Waals surface area (Å²) in [5.41, 5.74) is -0.537. The molecule has 1 amide bonds. The number of carbonyl (C=O) groups is 1. The topological polar surface area (TPSA) is 63.2 Å². The van der Waals surface area contributed by atoms with Crippen LogP contribution < -0.4 is 5.32 Å². The van der Waals surface area contributed by atoms with Crippen LogP contribution >= 0.6 is 0 Å². The van der Waals surface area contributed by atoms with E-state index < -0.39 is 15.4 Å². The van der Waals surface area contributed by atoms with Crippen molar-refractivity contribution in [1.82, 2.24) is 5.32 Å². The van der Waals surface area contributed by atoms with Gasteiger partial charge in [0.1, 0.15) is 0 Å². The van der Waals surface area contributed by atoms with Crippen molar-refractivity contribution in [3.8, 4) is 0 Å². The summed E-state index contributed by atoms with van der Waals surface area (Å²) in [5, 5.41) is 2.79. The molecule has 0 saturated carbocycles. The van der Waals surface area contributed by atoms with E-state index in [0.717, 1.165) is 6.42 Å². The van der Waals surface area contributed by atoms with Crippen LogP contribution in [-0.2, 0) is 14.6 Å². The van der Waals surface area contributed by atoms with Crippen molar-refractivity contribution in [2.45, 2.75) is 38.6 Å². The van der Waals surface area contributed by atoms with Gasteiger partial charge in [0.15, 0.2) is 9.84 Å². The maximum absolute atomic E-state index is 11.3. The van der Waals surface area contributed by atoms with Gasteiger partial charge in [0.25, 0.3) is 0 Å². The molecule has 5 heteroatoms. The molecule has 0 aliphatic carbocycles. The average Bonchev–Trinajstić information content (AvgIpc) is 2.25. The Morgan fingerprint density at radius 3 is 2.57 bits per heavy atom. The molecular weight excluding hydrogens is 202 g/mol. The highest BCUT2D eigenvalue weighted by Crippen LogP contribution is 2.22. The number of amides is 1. The van der Waals surface area contributed by atoms with Crippen LogP contribution in [0.1, 0.15) is 33.1 Å². The molecule has 0 bridgehead atoms. The smallest absolute Gasteiger partial charge is 0.220 e. The Labute approximate surface area is 85.0 Å². The van der Waals surface area contributed by atoms with Crippen LogP contribution in [0, 0.1) is 0 Å². The molecule has 1 saturated heterocycles. The van der Waals surface area contributed by atoms with Crippen LogP contribution in [0.25, 0.3) is 0 Å². The van der Waals surface area contributed by atoms with E-state index in [0.29, 0.717) is 12.8 Å². The van der Waals surface area contributed by atoms with E-state index >= 15 is 0 Å². The van der Waals surface area contributed by atoms with Crippen LogP contribution in [0.4, 0.5) is 0 Å². The lowest BCUT2D eigenvalue weighted by molar-refractivity contribution is -0.122. The van der Waals surface area contributed by atoms with Gasteiger partial charge in [-0.1, -0.05) is 6.92 Å². The second-order valence-corrected chi connectivity index (χ2v) is 6.38. The fraction of sp³-hybridized carbons (Fsp3) is 0.889. The normalized spacial score (nSPS) is 30.1. The molecule has 0 aromatic rings. The van der Waals surface area contributed by atoms with Crippen molar-refractivity contribution in [1.29, 1.82) is 0 Å². The summed E-state index contributed by atoms with van der Waals surface area (Å²) < 4.78 is 22.5. The third-order valence-electron chi connectivity index (χ3n) is 2.42. The van der Waals surface area contributed by atoms with Crippen LogP contribution in [-0.4, -0.2) is 31.4 Å². The molecule has 1 fully saturated rings. The van der Waals surface area contributed by atoms with Gasteiger partial charge in [-0.3, -0.25) is 4.79 Å². The lowest BCUT2D eigenvalue weighted by Gasteiger charge is -2.23. The Kier molecular flexibility index (Phi) is 3.19. The van der Waals surface area contributed by atoms with Crippen molar-refractivity contribution in [2.75, 3.05) is 11.5 Å². The third kappa shape index (κ3) is 2.97. The minimum atomic E-state index is -2.93. The molecule has 1 unspecified atom stereocenters. The van der Waals surface area contributed by atoms with E-state index in [9.17, 15) is 13.2 Å². The number of nitrogens with one attached hydrogen (secondary N) is 1. The predicted octanol–water partition coefficient (Wildman–Crippen LogP) is 0.480. The molecule has 4 nitrogen and oxygen atoms in total. The summed E-state index contributed by atoms with van der Waals surface area (Å²) in [6.07, 6.45) is 1.79. The number of carbonyl (C=O) groups excluding carboxylic acids is 1. The van der Waals surface area contributed by atoms with Gasteiger partial charge in [0, 0.05) is 6.42 Å². The predicted molar refractivity (Wildman–Crippen MR) is 54.7 cm³/mol. The zero-order chi connectivity index (χ0) is 10.8. The van der Waals surface area contributed by atoms with Crippen LogP contribution in [0.3, 0.4) is 0 Å². The number of hydrogen-bond donors (Lipinski definition) is 1. The molecule has 0 radical (unpaired) electrons. The Bertz CT molecular complexity index is 323. The first-order valence-corrected chi connectivity index (χ1v) is 6.70.